The smallest absolute Gasteiger partial charge is 0.343 e. The van der Waals surface area contributed by atoms with Crippen LogP contribution in [-0.4, -0.2) is 42.8 Å². The third-order valence-corrected chi connectivity index (χ3v) is 6.45. The molecule has 8 heteroatoms. The molecule has 0 amide bonds. The summed E-state index contributed by atoms with van der Waals surface area (Å²) < 4.78 is 21.7. The second kappa shape index (κ2) is 17.7. The van der Waals surface area contributed by atoms with Crippen LogP contribution in [0, 0.1) is 0 Å². The van der Waals surface area contributed by atoms with Crippen LogP contribution in [0.5, 0.6) is 17.2 Å². The summed E-state index contributed by atoms with van der Waals surface area (Å²) in [4.78, 5) is 35.4. The minimum absolute atomic E-state index is 0.145. The number of aliphatic hydroxyl groups is 1. The van der Waals surface area contributed by atoms with Gasteiger partial charge in [-0.2, -0.15) is 0 Å². The fraction of sp³-hybridized carbons (Fsp3) is 0.424. The fourth-order valence-corrected chi connectivity index (χ4v) is 4.27. The molecule has 0 aliphatic rings. The summed E-state index contributed by atoms with van der Waals surface area (Å²) in [5.74, 6) is 0.609. The van der Waals surface area contributed by atoms with E-state index in [4.69, 9.17) is 24.1 Å². The van der Waals surface area contributed by atoms with E-state index < -0.39 is 5.97 Å². The zero-order chi connectivity index (χ0) is 29.3. The molecular formula is C33H40O8. The first-order valence-corrected chi connectivity index (χ1v) is 14.4. The molecule has 0 radical (unpaired) electrons. The highest BCUT2D eigenvalue weighted by Gasteiger charge is 2.10. The van der Waals surface area contributed by atoms with Crippen LogP contribution < -0.4 is 14.2 Å². The Balaban J connectivity index is 1.27. The van der Waals surface area contributed by atoms with E-state index in [9.17, 15) is 14.4 Å². The molecule has 1 N–H and O–H groups in total. The zero-order valence-electron chi connectivity index (χ0n) is 23.8. The first-order chi connectivity index (χ1) is 19.9. The van der Waals surface area contributed by atoms with Crippen LogP contribution in [0.4, 0.5) is 0 Å². The maximum Gasteiger partial charge on any atom is 0.343 e. The lowest BCUT2D eigenvalue weighted by atomic mass is 10.1. The van der Waals surface area contributed by atoms with Gasteiger partial charge in [-0.25, -0.2) is 4.79 Å². The maximum atomic E-state index is 12.6. The van der Waals surface area contributed by atoms with Crippen LogP contribution in [0.15, 0.2) is 60.7 Å². The fourth-order valence-electron chi connectivity index (χ4n) is 4.27. The highest BCUT2D eigenvalue weighted by atomic mass is 16.5. The molecule has 220 valence electrons. The van der Waals surface area contributed by atoms with Crippen molar-refractivity contribution in [2.75, 3.05) is 19.8 Å². The molecule has 0 aliphatic heterocycles. The van der Waals surface area contributed by atoms with Gasteiger partial charge in [0.05, 0.1) is 18.8 Å². The molecule has 0 aromatic heterocycles. The van der Waals surface area contributed by atoms with E-state index in [1.165, 1.54) is 6.92 Å². The minimum atomic E-state index is -0.458. The number of esters is 3. The Bertz CT molecular complexity index is 1250. The van der Waals surface area contributed by atoms with Crippen molar-refractivity contribution in [3.05, 3.63) is 66.2 Å². The molecule has 0 unspecified atom stereocenters. The van der Waals surface area contributed by atoms with Crippen molar-refractivity contribution >= 4 is 28.7 Å². The predicted octanol–water partition coefficient (Wildman–Crippen LogP) is 6.80. The topological polar surface area (TPSA) is 108 Å². The summed E-state index contributed by atoms with van der Waals surface area (Å²) in [6, 6.07) is 17.4. The van der Waals surface area contributed by atoms with Crippen molar-refractivity contribution in [2.24, 2.45) is 0 Å². The van der Waals surface area contributed by atoms with Crippen LogP contribution in [0.2, 0.25) is 0 Å². The number of unbranched alkanes of at least 4 members (excludes halogenated alkanes) is 7. The van der Waals surface area contributed by atoms with Gasteiger partial charge in [-0.05, 0) is 85.0 Å². The highest BCUT2D eigenvalue weighted by molar-refractivity contribution is 5.92. The van der Waals surface area contributed by atoms with Crippen molar-refractivity contribution in [1.82, 2.24) is 0 Å². The first-order valence-electron chi connectivity index (χ1n) is 14.4. The predicted molar refractivity (Wildman–Crippen MR) is 156 cm³/mol. The number of rotatable bonds is 18. The molecular weight excluding hydrogens is 524 g/mol. The molecule has 0 spiro atoms. The van der Waals surface area contributed by atoms with Crippen molar-refractivity contribution < 1.29 is 38.4 Å². The summed E-state index contributed by atoms with van der Waals surface area (Å²) in [7, 11) is 0. The van der Waals surface area contributed by atoms with Crippen LogP contribution in [0.25, 0.3) is 10.8 Å². The van der Waals surface area contributed by atoms with Crippen LogP contribution in [-0.2, 0) is 14.3 Å². The van der Waals surface area contributed by atoms with Crippen LogP contribution >= 0.6 is 0 Å². The molecule has 41 heavy (non-hydrogen) atoms. The van der Waals surface area contributed by atoms with Gasteiger partial charge in [0.25, 0.3) is 0 Å². The molecule has 0 aliphatic carbocycles. The lowest BCUT2D eigenvalue weighted by Gasteiger charge is -2.09. The standard InChI is InChI=1S/C33H40O8/c1-25(35)40-30-18-14-28-24-31(19-15-27(28)23-30)41-33(37)26-12-16-29(17-13-26)38-21-9-4-2-3-5-10-22-39-32(36)11-7-6-8-20-34/h12-19,23-24,34H,2-11,20-22H2,1H3. The number of hydrogen-bond acceptors (Lipinski definition) is 8. The lowest BCUT2D eigenvalue weighted by molar-refractivity contribution is -0.144. The third kappa shape index (κ3) is 12.0. The molecule has 8 nitrogen and oxygen atoms in total. The Morgan fingerprint density at radius 3 is 1.83 bits per heavy atom. The number of fused-ring (bicyclic) bond motifs is 1. The normalized spacial score (nSPS) is 10.8. The molecule has 3 aromatic rings. The van der Waals surface area contributed by atoms with Crippen molar-refractivity contribution in [1.29, 1.82) is 0 Å². The van der Waals surface area contributed by atoms with Gasteiger partial charge in [-0.3, -0.25) is 9.59 Å². The van der Waals surface area contributed by atoms with Crippen LogP contribution in [0.3, 0.4) is 0 Å². The molecule has 0 bridgehead atoms. The van der Waals surface area contributed by atoms with Gasteiger partial charge in [0.1, 0.15) is 17.2 Å². The Labute approximate surface area is 241 Å². The van der Waals surface area contributed by atoms with E-state index in [1.54, 1.807) is 48.5 Å². The molecule has 0 saturated carbocycles. The second-order valence-electron chi connectivity index (χ2n) is 9.90. The molecule has 0 fully saturated rings. The highest BCUT2D eigenvalue weighted by Crippen LogP contribution is 2.26. The number of hydrogen-bond donors (Lipinski definition) is 1. The number of carbonyl (C=O) groups is 3. The molecule has 3 aromatic carbocycles. The number of ether oxygens (including phenoxy) is 4. The maximum absolute atomic E-state index is 12.6. The van der Waals surface area contributed by atoms with Gasteiger partial charge in [-0.15, -0.1) is 0 Å². The molecule has 0 saturated heterocycles. The van der Waals surface area contributed by atoms with Crippen LogP contribution in [0.1, 0.15) is 81.5 Å². The molecule has 3 rings (SSSR count). The molecule has 0 heterocycles. The van der Waals surface area contributed by atoms with E-state index in [-0.39, 0.29) is 18.5 Å². The number of benzene rings is 3. The zero-order valence-corrected chi connectivity index (χ0v) is 23.8. The van der Waals surface area contributed by atoms with Gasteiger partial charge in [0.15, 0.2) is 0 Å². The van der Waals surface area contributed by atoms with E-state index in [2.05, 4.69) is 0 Å². The van der Waals surface area contributed by atoms with E-state index in [0.717, 1.165) is 68.6 Å². The lowest BCUT2D eigenvalue weighted by Crippen LogP contribution is -2.08. The largest absolute Gasteiger partial charge is 0.494 e. The summed E-state index contributed by atoms with van der Waals surface area (Å²) in [6.45, 7) is 2.61. The average molecular weight is 565 g/mol. The Hall–Kier alpha value is -3.91. The van der Waals surface area contributed by atoms with Gasteiger partial charge in [-0.1, -0.05) is 44.2 Å². The molecule has 0 atom stereocenters. The van der Waals surface area contributed by atoms with E-state index >= 15 is 0 Å². The average Bonchev–Trinajstić information content (AvgIpc) is 2.96. The van der Waals surface area contributed by atoms with Crippen molar-refractivity contribution in [3.8, 4) is 17.2 Å². The Morgan fingerprint density at radius 1 is 0.634 bits per heavy atom. The third-order valence-electron chi connectivity index (χ3n) is 6.45. The monoisotopic (exact) mass is 564 g/mol. The second-order valence-corrected chi connectivity index (χ2v) is 9.90. The quantitative estimate of drug-likeness (QED) is 0.102. The number of carbonyl (C=O) groups excluding carboxylic acids is 3. The van der Waals surface area contributed by atoms with E-state index in [1.807, 2.05) is 12.1 Å². The number of aliphatic hydroxyl groups excluding tert-OH is 1. The van der Waals surface area contributed by atoms with Gasteiger partial charge in [0.2, 0.25) is 0 Å². The minimum Gasteiger partial charge on any atom is -0.494 e. The van der Waals surface area contributed by atoms with Gasteiger partial charge in [0, 0.05) is 20.0 Å². The Kier molecular flexibility index (Phi) is 13.7. The first kappa shape index (κ1) is 31.6. The summed E-state index contributed by atoms with van der Waals surface area (Å²) in [5, 5.41) is 10.5. The van der Waals surface area contributed by atoms with E-state index in [0.29, 0.717) is 42.4 Å². The summed E-state index contributed by atoms with van der Waals surface area (Å²) in [6.07, 6.45) is 8.91. The van der Waals surface area contributed by atoms with Gasteiger partial charge >= 0.3 is 17.9 Å². The Morgan fingerprint density at radius 2 is 1.20 bits per heavy atom. The summed E-state index contributed by atoms with van der Waals surface area (Å²) in [5.41, 5.74) is 0.426. The van der Waals surface area contributed by atoms with Crippen molar-refractivity contribution in [3.63, 3.8) is 0 Å². The van der Waals surface area contributed by atoms with Crippen molar-refractivity contribution in [2.45, 2.75) is 71.1 Å². The SMILES string of the molecule is CC(=O)Oc1ccc2cc(OC(=O)c3ccc(OCCCCCCCCOC(=O)CCCCCO)cc3)ccc2c1. The summed E-state index contributed by atoms with van der Waals surface area (Å²) >= 11 is 0. The van der Waals surface area contributed by atoms with Gasteiger partial charge < -0.3 is 24.1 Å².